The first kappa shape index (κ1) is 30.9. The standard InChI is InChI=1S/C31H28ClN7O6/c1-31(2,3)45-30(43)26-15-19-14-21(10-12-25(19)44-26)34-27(40)23(13-18-7-5-4-6-8-18)36-29(42)28(41)35-22-16-20(32)9-11-24(22)39-17-33-37-38-39/h4-12,14-17,23H,13H2,1-3H3,(H,34,40)(H,35,41)(H,36,42)/t23-/m0/s1. The molecule has 13 nitrogen and oxygen atoms in total. The third-order valence-corrected chi connectivity index (χ3v) is 6.53. The second-order valence-corrected chi connectivity index (χ2v) is 11.4. The molecule has 0 aliphatic rings. The van der Waals surface area contributed by atoms with E-state index in [2.05, 4.69) is 31.5 Å². The highest BCUT2D eigenvalue weighted by Gasteiger charge is 2.26. The lowest BCUT2D eigenvalue weighted by atomic mass is 10.0. The fourth-order valence-electron chi connectivity index (χ4n) is 4.32. The van der Waals surface area contributed by atoms with Crippen LogP contribution in [0.15, 0.2) is 83.5 Å². The van der Waals surface area contributed by atoms with Gasteiger partial charge in [-0.2, -0.15) is 4.68 Å². The average molecular weight is 630 g/mol. The predicted molar refractivity (Wildman–Crippen MR) is 165 cm³/mol. The number of amides is 3. The molecule has 5 rings (SSSR count). The van der Waals surface area contributed by atoms with Crippen LogP contribution in [-0.4, -0.2) is 55.5 Å². The molecular weight excluding hydrogens is 602 g/mol. The summed E-state index contributed by atoms with van der Waals surface area (Å²) >= 11 is 6.12. The van der Waals surface area contributed by atoms with Gasteiger partial charge in [0.25, 0.3) is 0 Å². The molecule has 0 fully saturated rings. The summed E-state index contributed by atoms with van der Waals surface area (Å²) in [5, 5.41) is 19.6. The van der Waals surface area contributed by atoms with E-state index in [1.807, 2.05) is 6.07 Å². The molecule has 0 aliphatic carbocycles. The molecule has 14 heteroatoms. The molecule has 3 N–H and O–H groups in total. The largest absolute Gasteiger partial charge is 0.454 e. The number of esters is 1. The average Bonchev–Trinajstić information content (AvgIpc) is 3.67. The van der Waals surface area contributed by atoms with Crippen LogP contribution in [0.25, 0.3) is 16.7 Å². The molecule has 0 aliphatic heterocycles. The number of anilines is 2. The highest BCUT2D eigenvalue weighted by Crippen LogP contribution is 2.26. The third kappa shape index (κ3) is 7.89. The van der Waals surface area contributed by atoms with Gasteiger partial charge in [0.1, 0.15) is 23.6 Å². The van der Waals surface area contributed by atoms with Crippen molar-refractivity contribution in [1.82, 2.24) is 25.5 Å². The van der Waals surface area contributed by atoms with Crippen LogP contribution >= 0.6 is 11.6 Å². The first-order valence-electron chi connectivity index (χ1n) is 13.7. The van der Waals surface area contributed by atoms with Gasteiger partial charge in [-0.1, -0.05) is 41.9 Å². The summed E-state index contributed by atoms with van der Waals surface area (Å²) in [4.78, 5) is 52.0. The second-order valence-electron chi connectivity index (χ2n) is 10.9. The van der Waals surface area contributed by atoms with Crippen LogP contribution in [0.2, 0.25) is 5.02 Å². The normalized spacial score (nSPS) is 11.9. The second kappa shape index (κ2) is 13.0. The van der Waals surface area contributed by atoms with Crippen LogP contribution in [0.5, 0.6) is 0 Å². The molecule has 3 aromatic carbocycles. The Morgan fingerprint density at radius 3 is 2.44 bits per heavy atom. The van der Waals surface area contributed by atoms with Crippen LogP contribution in [0.3, 0.4) is 0 Å². The van der Waals surface area contributed by atoms with Crippen molar-refractivity contribution in [2.75, 3.05) is 10.6 Å². The van der Waals surface area contributed by atoms with E-state index in [0.29, 0.717) is 27.4 Å². The first-order valence-corrected chi connectivity index (χ1v) is 14.1. The van der Waals surface area contributed by atoms with Gasteiger partial charge in [-0.3, -0.25) is 14.4 Å². The number of nitrogens with one attached hydrogen (secondary N) is 3. The lowest BCUT2D eigenvalue weighted by molar-refractivity contribution is -0.137. The summed E-state index contributed by atoms with van der Waals surface area (Å²) < 4.78 is 12.3. The number of ether oxygens (including phenoxy) is 1. The molecule has 230 valence electrons. The van der Waals surface area contributed by atoms with Crippen LogP contribution in [-0.2, 0) is 25.5 Å². The number of hydrogen-bond donors (Lipinski definition) is 3. The molecule has 0 bridgehead atoms. The minimum atomic E-state index is -1.14. The van der Waals surface area contributed by atoms with Crippen LogP contribution in [0, 0.1) is 0 Å². The number of furan rings is 1. The Bertz CT molecular complexity index is 1870. The number of tetrazole rings is 1. The van der Waals surface area contributed by atoms with Crippen molar-refractivity contribution in [1.29, 1.82) is 0 Å². The molecular formula is C31H28ClN7O6. The predicted octanol–water partition coefficient (Wildman–Crippen LogP) is 4.32. The molecule has 1 atom stereocenters. The number of rotatable bonds is 8. The van der Waals surface area contributed by atoms with Crippen molar-refractivity contribution in [2.45, 2.75) is 38.8 Å². The van der Waals surface area contributed by atoms with E-state index in [1.54, 1.807) is 75.4 Å². The maximum absolute atomic E-state index is 13.5. The number of fused-ring (bicyclic) bond motifs is 1. The number of halogens is 1. The van der Waals surface area contributed by atoms with Crippen LogP contribution in [0.4, 0.5) is 11.4 Å². The summed E-state index contributed by atoms with van der Waals surface area (Å²) in [6.45, 7) is 5.25. The Kier molecular flexibility index (Phi) is 8.91. The number of carbonyl (C=O) groups excluding carboxylic acids is 4. The van der Waals surface area contributed by atoms with Gasteiger partial charge in [-0.15, -0.1) is 5.10 Å². The van der Waals surface area contributed by atoms with E-state index in [1.165, 1.54) is 23.1 Å². The minimum Gasteiger partial charge on any atom is -0.454 e. The number of aromatic nitrogens is 4. The maximum Gasteiger partial charge on any atom is 0.374 e. The smallest absolute Gasteiger partial charge is 0.374 e. The van der Waals surface area contributed by atoms with Crippen molar-refractivity contribution >= 4 is 57.6 Å². The van der Waals surface area contributed by atoms with Crippen LogP contribution < -0.4 is 16.0 Å². The van der Waals surface area contributed by atoms with Gasteiger partial charge in [0.15, 0.2) is 0 Å². The minimum absolute atomic E-state index is 0.0200. The van der Waals surface area contributed by atoms with E-state index in [9.17, 15) is 19.2 Å². The van der Waals surface area contributed by atoms with Gasteiger partial charge in [-0.05, 0) is 79.2 Å². The van der Waals surface area contributed by atoms with Crippen molar-refractivity contribution in [3.63, 3.8) is 0 Å². The fourth-order valence-corrected chi connectivity index (χ4v) is 4.49. The van der Waals surface area contributed by atoms with Gasteiger partial charge in [0, 0.05) is 22.5 Å². The van der Waals surface area contributed by atoms with Gasteiger partial charge >= 0.3 is 17.8 Å². The molecule has 45 heavy (non-hydrogen) atoms. The Morgan fingerprint density at radius 1 is 0.956 bits per heavy atom. The number of benzene rings is 3. The quantitative estimate of drug-likeness (QED) is 0.167. The third-order valence-electron chi connectivity index (χ3n) is 6.30. The van der Waals surface area contributed by atoms with Crippen LogP contribution in [0.1, 0.15) is 36.9 Å². The van der Waals surface area contributed by atoms with Crippen molar-refractivity contribution in [2.24, 2.45) is 0 Å². The summed E-state index contributed by atoms with van der Waals surface area (Å²) in [5.74, 6) is -3.26. The Balaban J connectivity index is 1.33. The Morgan fingerprint density at radius 2 is 1.73 bits per heavy atom. The lowest BCUT2D eigenvalue weighted by Crippen LogP contribution is -2.49. The summed E-state index contributed by atoms with van der Waals surface area (Å²) in [6.07, 6.45) is 1.41. The topological polar surface area (TPSA) is 170 Å². The highest BCUT2D eigenvalue weighted by molar-refractivity contribution is 6.40. The van der Waals surface area contributed by atoms with Crippen molar-refractivity contribution in [3.8, 4) is 5.69 Å². The molecule has 0 spiro atoms. The van der Waals surface area contributed by atoms with Gasteiger partial charge in [0.05, 0.1) is 11.4 Å². The molecule has 2 heterocycles. The van der Waals surface area contributed by atoms with E-state index in [0.717, 1.165) is 5.56 Å². The molecule has 0 radical (unpaired) electrons. The van der Waals surface area contributed by atoms with E-state index in [4.69, 9.17) is 20.8 Å². The molecule has 0 saturated heterocycles. The summed E-state index contributed by atoms with van der Waals surface area (Å²) in [6, 6.07) is 18.8. The summed E-state index contributed by atoms with van der Waals surface area (Å²) in [5.41, 5.74) is 1.40. The molecule has 0 unspecified atom stereocenters. The molecule has 5 aromatic rings. The fraction of sp³-hybridized carbons (Fsp3) is 0.194. The summed E-state index contributed by atoms with van der Waals surface area (Å²) in [7, 11) is 0. The van der Waals surface area contributed by atoms with E-state index < -0.39 is 35.3 Å². The lowest BCUT2D eigenvalue weighted by Gasteiger charge is -2.19. The number of nitrogens with zero attached hydrogens (tertiary/aromatic N) is 4. The Labute approximate surface area is 261 Å². The number of carbonyl (C=O) groups is 4. The van der Waals surface area contributed by atoms with Gasteiger partial charge < -0.3 is 25.1 Å². The highest BCUT2D eigenvalue weighted by atomic mass is 35.5. The zero-order valence-electron chi connectivity index (χ0n) is 24.4. The van der Waals surface area contributed by atoms with E-state index >= 15 is 0 Å². The first-order chi connectivity index (χ1) is 21.4. The zero-order valence-corrected chi connectivity index (χ0v) is 25.2. The number of hydrogen-bond acceptors (Lipinski definition) is 9. The molecule has 2 aromatic heterocycles. The zero-order chi connectivity index (χ0) is 32.1. The molecule has 3 amide bonds. The molecule has 0 saturated carbocycles. The van der Waals surface area contributed by atoms with Gasteiger partial charge in [0.2, 0.25) is 11.7 Å². The van der Waals surface area contributed by atoms with E-state index in [-0.39, 0.29) is 17.9 Å². The van der Waals surface area contributed by atoms with Crippen molar-refractivity contribution < 1.29 is 28.3 Å². The Hall–Kier alpha value is -5.56. The maximum atomic E-state index is 13.5. The van der Waals surface area contributed by atoms with Gasteiger partial charge in [-0.25, -0.2) is 4.79 Å². The van der Waals surface area contributed by atoms with Crippen molar-refractivity contribution in [3.05, 3.63) is 95.5 Å². The monoisotopic (exact) mass is 629 g/mol. The SMILES string of the molecule is CC(C)(C)OC(=O)c1cc2cc(NC(=O)[C@H](Cc3ccccc3)NC(=O)C(=O)Nc3cc(Cl)ccc3-n3cnnn3)ccc2o1.